The van der Waals surface area contributed by atoms with Crippen molar-refractivity contribution < 1.29 is 10.0 Å². The number of allylic oxidation sites excluding steroid dienone is 1. The quantitative estimate of drug-likeness (QED) is 0.804. The Morgan fingerprint density at radius 2 is 1.89 bits per heavy atom. The lowest BCUT2D eigenvalue weighted by atomic mass is 9.74. The van der Waals surface area contributed by atoms with E-state index in [2.05, 4.69) is 6.58 Å². The van der Waals surface area contributed by atoms with Gasteiger partial charge in [0.25, 0.3) is 0 Å². The van der Waals surface area contributed by atoms with Gasteiger partial charge in [-0.1, -0.05) is 55.1 Å². The molecule has 2 nitrogen and oxygen atoms in total. The van der Waals surface area contributed by atoms with Crippen LogP contribution in [0.25, 0.3) is 22.9 Å². The first kappa shape index (κ1) is 12.6. The van der Waals surface area contributed by atoms with Gasteiger partial charge in [-0.05, 0) is 34.3 Å². The van der Waals surface area contributed by atoms with Crippen molar-refractivity contribution in [2.45, 2.75) is 6.92 Å². The zero-order valence-corrected chi connectivity index (χ0v) is 10.3. The molecule has 0 bridgehead atoms. The molecule has 0 aliphatic carbocycles. The van der Waals surface area contributed by atoms with E-state index in [0.717, 1.165) is 21.9 Å². The van der Waals surface area contributed by atoms with Crippen LogP contribution >= 0.6 is 0 Å². The molecular formula is C15H15BO2. The van der Waals surface area contributed by atoms with Gasteiger partial charge in [0.1, 0.15) is 0 Å². The Bertz CT molecular complexity index is 615. The largest absolute Gasteiger partial charge is 0.489 e. The van der Waals surface area contributed by atoms with Crippen molar-refractivity contribution in [3.05, 3.63) is 54.1 Å². The fourth-order valence-corrected chi connectivity index (χ4v) is 2.20. The summed E-state index contributed by atoms with van der Waals surface area (Å²) in [6.07, 6.45) is 5.56. The molecule has 0 saturated heterocycles. The second kappa shape index (κ2) is 5.21. The Balaban J connectivity index is 2.91. The normalized spacial score (nSPS) is 11.1. The minimum Gasteiger partial charge on any atom is -0.423 e. The van der Waals surface area contributed by atoms with Crippen molar-refractivity contribution >= 4 is 35.5 Å². The van der Waals surface area contributed by atoms with Crippen molar-refractivity contribution in [3.63, 3.8) is 0 Å². The average molecular weight is 238 g/mol. The van der Waals surface area contributed by atoms with Crippen molar-refractivity contribution in [1.82, 2.24) is 0 Å². The van der Waals surface area contributed by atoms with Gasteiger partial charge >= 0.3 is 7.12 Å². The summed E-state index contributed by atoms with van der Waals surface area (Å²) in [7, 11) is -1.49. The lowest BCUT2D eigenvalue weighted by Gasteiger charge is -2.13. The summed E-state index contributed by atoms with van der Waals surface area (Å²) < 4.78 is 0. The van der Waals surface area contributed by atoms with E-state index >= 15 is 0 Å². The monoisotopic (exact) mass is 238 g/mol. The molecule has 2 N–H and O–H groups in total. The van der Waals surface area contributed by atoms with Crippen molar-refractivity contribution in [3.8, 4) is 0 Å². The minimum absolute atomic E-state index is 0.483. The Labute approximate surface area is 107 Å². The third kappa shape index (κ3) is 2.10. The number of fused-ring (bicyclic) bond motifs is 1. The molecule has 0 spiro atoms. The average Bonchev–Trinajstić information content (AvgIpc) is 2.38. The molecule has 0 heterocycles. The third-order valence-electron chi connectivity index (χ3n) is 2.98. The SMILES string of the molecule is C=Cc1c(B(O)O)cc2ccccc2c1/C=C\C. The van der Waals surface area contributed by atoms with Gasteiger partial charge in [0.05, 0.1) is 0 Å². The van der Waals surface area contributed by atoms with Crippen LogP contribution < -0.4 is 5.46 Å². The van der Waals surface area contributed by atoms with Crippen LogP contribution in [0.3, 0.4) is 0 Å². The number of hydrogen-bond acceptors (Lipinski definition) is 2. The maximum absolute atomic E-state index is 9.47. The zero-order chi connectivity index (χ0) is 13.1. The third-order valence-corrected chi connectivity index (χ3v) is 2.98. The van der Waals surface area contributed by atoms with E-state index in [0.29, 0.717) is 5.46 Å². The molecule has 0 radical (unpaired) electrons. The van der Waals surface area contributed by atoms with Crippen molar-refractivity contribution in [1.29, 1.82) is 0 Å². The molecule has 2 aromatic carbocycles. The van der Waals surface area contributed by atoms with Gasteiger partial charge in [-0.15, -0.1) is 0 Å². The van der Waals surface area contributed by atoms with Crippen molar-refractivity contribution in [2.75, 3.05) is 0 Å². The van der Waals surface area contributed by atoms with E-state index in [1.807, 2.05) is 43.3 Å². The van der Waals surface area contributed by atoms with Crippen molar-refractivity contribution in [2.24, 2.45) is 0 Å². The molecule has 0 unspecified atom stereocenters. The molecule has 3 heteroatoms. The highest BCUT2D eigenvalue weighted by Crippen LogP contribution is 2.23. The first-order valence-corrected chi connectivity index (χ1v) is 5.86. The molecule has 0 saturated carbocycles. The van der Waals surface area contributed by atoms with Gasteiger partial charge in [-0.3, -0.25) is 0 Å². The summed E-state index contributed by atoms with van der Waals surface area (Å²) >= 11 is 0. The number of hydrogen-bond donors (Lipinski definition) is 2. The van der Waals surface area contributed by atoms with Crippen LogP contribution in [0.1, 0.15) is 18.1 Å². The van der Waals surface area contributed by atoms with Gasteiger partial charge in [0.2, 0.25) is 0 Å². The summed E-state index contributed by atoms with van der Waals surface area (Å²) in [6.45, 7) is 5.70. The second-order valence-electron chi connectivity index (χ2n) is 4.09. The molecule has 0 aliphatic rings. The zero-order valence-electron chi connectivity index (χ0n) is 10.3. The molecule has 0 atom stereocenters. The first-order chi connectivity index (χ1) is 8.69. The second-order valence-corrected chi connectivity index (χ2v) is 4.09. The topological polar surface area (TPSA) is 40.5 Å². The minimum atomic E-state index is -1.49. The Kier molecular flexibility index (Phi) is 3.65. The van der Waals surface area contributed by atoms with E-state index in [1.54, 1.807) is 12.1 Å². The fourth-order valence-electron chi connectivity index (χ4n) is 2.20. The summed E-state index contributed by atoms with van der Waals surface area (Å²) in [5, 5.41) is 21.0. The summed E-state index contributed by atoms with van der Waals surface area (Å²) in [6, 6.07) is 9.68. The lowest BCUT2D eigenvalue weighted by molar-refractivity contribution is 0.426. The van der Waals surface area contributed by atoms with Crippen LogP contribution in [0.4, 0.5) is 0 Å². The molecule has 0 aliphatic heterocycles. The fraction of sp³-hybridized carbons (Fsp3) is 0.0667. The van der Waals surface area contributed by atoms with Crippen LogP contribution in [0.2, 0.25) is 0 Å². The maximum Gasteiger partial charge on any atom is 0.489 e. The molecule has 0 amide bonds. The molecule has 0 fully saturated rings. The van der Waals surface area contributed by atoms with Gasteiger partial charge < -0.3 is 10.0 Å². The Morgan fingerprint density at radius 1 is 1.17 bits per heavy atom. The molecule has 18 heavy (non-hydrogen) atoms. The molecule has 2 aromatic rings. The van der Waals surface area contributed by atoms with Gasteiger partial charge in [-0.2, -0.15) is 0 Å². The highest BCUT2D eigenvalue weighted by molar-refractivity contribution is 6.60. The van der Waals surface area contributed by atoms with E-state index < -0.39 is 7.12 Å². The molecule has 2 rings (SSSR count). The van der Waals surface area contributed by atoms with Gasteiger partial charge in [-0.25, -0.2) is 0 Å². The Hall–Kier alpha value is -1.84. The van der Waals surface area contributed by atoms with Crippen LogP contribution in [0, 0.1) is 0 Å². The highest BCUT2D eigenvalue weighted by Gasteiger charge is 2.18. The molecule has 90 valence electrons. The van der Waals surface area contributed by atoms with Gasteiger partial charge in [0.15, 0.2) is 0 Å². The van der Waals surface area contributed by atoms with Crippen LogP contribution in [-0.4, -0.2) is 17.2 Å². The predicted molar refractivity (Wildman–Crippen MR) is 78.6 cm³/mol. The van der Waals surface area contributed by atoms with Crippen LogP contribution in [0.15, 0.2) is 43.0 Å². The van der Waals surface area contributed by atoms with Crippen LogP contribution in [-0.2, 0) is 0 Å². The summed E-state index contributed by atoms with van der Waals surface area (Å²) in [5.74, 6) is 0. The Morgan fingerprint density at radius 3 is 2.50 bits per heavy atom. The molecular weight excluding hydrogens is 223 g/mol. The van der Waals surface area contributed by atoms with E-state index in [9.17, 15) is 10.0 Å². The predicted octanol–water partition coefficient (Wildman–Crippen LogP) is 2.20. The van der Waals surface area contributed by atoms with E-state index in [1.165, 1.54) is 0 Å². The highest BCUT2D eigenvalue weighted by atomic mass is 16.4. The summed E-state index contributed by atoms with van der Waals surface area (Å²) in [5.41, 5.74) is 2.22. The maximum atomic E-state index is 9.47. The first-order valence-electron chi connectivity index (χ1n) is 5.86. The smallest absolute Gasteiger partial charge is 0.423 e. The van der Waals surface area contributed by atoms with Gasteiger partial charge in [0, 0.05) is 0 Å². The van der Waals surface area contributed by atoms with E-state index in [4.69, 9.17) is 0 Å². The van der Waals surface area contributed by atoms with E-state index in [-0.39, 0.29) is 0 Å². The molecule has 0 aromatic heterocycles. The lowest BCUT2D eigenvalue weighted by Crippen LogP contribution is -2.32. The number of rotatable bonds is 3. The standard InChI is InChI=1S/C15H15BO2/c1-3-7-14-12(4-2)15(16(17)18)10-11-8-5-6-9-13(11)14/h3-10,17-18H,2H2,1H3/b7-3-. The van der Waals surface area contributed by atoms with Crippen LogP contribution in [0.5, 0.6) is 0 Å². The summed E-state index contributed by atoms with van der Waals surface area (Å²) in [4.78, 5) is 0. The number of benzene rings is 2.